The average Bonchev–Trinajstić information content (AvgIpc) is 3.15. The van der Waals surface area contributed by atoms with Crippen LogP contribution in [0.25, 0.3) is 0 Å². The molecule has 25 heavy (non-hydrogen) atoms. The summed E-state index contributed by atoms with van der Waals surface area (Å²) >= 11 is 0. The number of rotatable bonds is 4. The van der Waals surface area contributed by atoms with E-state index in [9.17, 15) is 4.79 Å². The first-order valence-corrected chi connectivity index (χ1v) is 9.12. The first-order valence-electron chi connectivity index (χ1n) is 9.12. The number of carbonyl (C=O) groups is 1. The van der Waals surface area contributed by atoms with E-state index in [1.54, 1.807) is 0 Å². The van der Waals surface area contributed by atoms with Gasteiger partial charge in [-0.05, 0) is 44.0 Å². The molecule has 2 aliphatic rings. The van der Waals surface area contributed by atoms with Gasteiger partial charge in [0.25, 0.3) is 0 Å². The second-order valence-electron chi connectivity index (χ2n) is 7.53. The maximum Gasteiger partial charge on any atom is 0.230 e. The van der Waals surface area contributed by atoms with Crippen LogP contribution in [0.5, 0.6) is 0 Å². The molecule has 3 heterocycles. The largest absolute Gasteiger partial charge is 0.338 e. The monoisotopic (exact) mass is 335 g/mol. The van der Waals surface area contributed by atoms with Crippen LogP contribution in [0.15, 0.2) is 48.7 Å². The number of hydrogen-bond acceptors (Lipinski definition) is 3. The standard InChI is InChI=1S/C21H25N3O/c1-17-5-4-6-18(13-17)14-24-12-9-21(20(24)25)8-11-23(16-21)15-19-7-2-3-10-22-19/h2-7,10,13H,8-9,11-12,14-16H2,1H3. The van der Waals surface area contributed by atoms with Crippen molar-refractivity contribution in [3.8, 4) is 0 Å². The van der Waals surface area contributed by atoms with Crippen LogP contribution in [-0.2, 0) is 17.9 Å². The van der Waals surface area contributed by atoms with Gasteiger partial charge in [-0.15, -0.1) is 0 Å². The molecule has 2 aliphatic heterocycles. The Labute approximate surface area is 149 Å². The van der Waals surface area contributed by atoms with Crippen molar-refractivity contribution in [1.29, 1.82) is 0 Å². The molecule has 1 amide bonds. The SMILES string of the molecule is Cc1cccc(CN2CCC3(CCN(Cc4ccccn4)C3)C2=O)c1. The summed E-state index contributed by atoms with van der Waals surface area (Å²) < 4.78 is 0. The number of amides is 1. The number of carbonyl (C=O) groups excluding carboxylic acids is 1. The van der Waals surface area contributed by atoms with E-state index in [4.69, 9.17) is 0 Å². The van der Waals surface area contributed by atoms with Crippen LogP contribution in [-0.4, -0.2) is 40.3 Å². The topological polar surface area (TPSA) is 36.4 Å². The number of aromatic nitrogens is 1. The zero-order chi connectivity index (χ0) is 17.3. The third-order valence-corrected chi connectivity index (χ3v) is 5.60. The predicted octanol–water partition coefficient (Wildman–Crippen LogP) is 3.01. The smallest absolute Gasteiger partial charge is 0.230 e. The van der Waals surface area contributed by atoms with Crippen LogP contribution in [0.1, 0.15) is 29.7 Å². The van der Waals surface area contributed by atoms with E-state index in [1.807, 2.05) is 18.3 Å². The lowest BCUT2D eigenvalue weighted by molar-refractivity contribution is -0.136. The summed E-state index contributed by atoms with van der Waals surface area (Å²) in [6.07, 6.45) is 3.80. The minimum atomic E-state index is -0.168. The Morgan fingerprint density at radius 3 is 2.76 bits per heavy atom. The van der Waals surface area contributed by atoms with Gasteiger partial charge in [-0.2, -0.15) is 0 Å². The van der Waals surface area contributed by atoms with Gasteiger partial charge < -0.3 is 4.90 Å². The zero-order valence-electron chi connectivity index (χ0n) is 14.8. The molecule has 2 aromatic rings. The Balaban J connectivity index is 1.41. The summed E-state index contributed by atoms with van der Waals surface area (Å²) in [4.78, 5) is 22.0. The number of likely N-dealkylation sites (tertiary alicyclic amines) is 2. The van der Waals surface area contributed by atoms with E-state index < -0.39 is 0 Å². The molecule has 1 unspecified atom stereocenters. The molecule has 130 valence electrons. The van der Waals surface area contributed by atoms with E-state index >= 15 is 0 Å². The van der Waals surface area contributed by atoms with E-state index in [-0.39, 0.29) is 5.41 Å². The van der Waals surface area contributed by atoms with E-state index in [0.717, 1.165) is 51.3 Å². The molecule has 4 heteroatoms. The average molecular weight is 335 g/mol. The molecule has 1 aromatic carbocycles. The van der Waals surface area contributed by atoms with Gasteiger partial charge >= 0.3 is 0 Å². The van der Waals surface area contributed by atoms with Crippen LogP contribution < -0.4 is 0 Å². The molecular weight excluding hydrogens is 310 g/mol. The van der Waals surface area contributed by atoms with Crippen LogP contribution in [0, 0.1) is 12.3 Å². The fourth-order valence-corrected chi connectivity index (χ4v) is 4.27. The van der Waals surface area contributed by atoms with E-state index in [2.05, 4.69) is 52.0 Å². The van der Waals surface area contributed by atoms with Crippen molar-refractivity contribution >= 4 is 5.91 Å². The Bertz CT molecular complexity index is 761. The van der Waals surface area contributed by atoms with Crippen LogP contribution in [0.2, 0.25) is 0 Å². The lowest BCUT2D eigenvalue weighted by Crippen LogP contribution is -2.36. The van der Waals surface area contributed by atoms with Crippen LogP contribution in [0.4, 0.5) is 0 Å². The minimum absolute atomic E-state index is 0.168. The number of hydrogen-bond donors (Lipinski definition) is 0. The van der Waals surface area contributed by atoms with Crippen molar-refractivity contribution in [3.63, 3.8) is 0 Å². The Kier molecular flexibility index (Phi) is 4.30. The minimum Gasteiger partial charge on any atom is -0.338 e. The molecule has 4 nitrogen and oxygen atoms in total. The Morgan fingerprint density at radius 2 is 1.96 bits per heavy atom. The van der Waals surface area contributed by atoms with Crippen molar-refractivity contribution in [2.75, 3.05) is 19.6 Å². The van der Waals surface area contributed by atoms with Gasteiger partial charge in [0.2, 0.25) is 5.91 Å². The molecule has 0 aliphatic carbocycles. The van der Waals surface area contributed by atoms with E-state index in [1.165, 1.54) is 11.1 Å². The van der Waals surface area contributed by atoms with Crippen molar-refractivity contribution in [2.24, 2.45) is 5.41 Å². The lowest BCUT2D eigenvalue weighted by Gasteiger charge is -2.24. The number of pyridine rings is 1. The maximum absolute atomic E-state index is 13.1. The molecule has 1 aromatic heterocycles. The summed E-state index contributed by atoms with van der Waals surface area (Å²) in [5.74, 6) is 0.345. The van der Waals surface area contributed by atoms with Gasteiger partial charge in [-0.25, -0.2) is 0 Å². The highest BCUT2D eigenvalue weighted by atomic mass is 16.2. The van der Waals surface area contributed by atoms with Crippen molar-refractivity contribution < 1.29 is 4.79 Å². The van der Waals surface area contributed by atoms with Crippen LogP contribution >= 0.6 is 0 Å². The van der Waals surface area contributed by atoms with E-state index in [0.29, 0.717) is 5.91 Å². The van der Waals surface area contributed by atoms with Crippen molar-refractivity contribution in [1.82, 2.24) is 14.8 Å². The number of aryl methyl sites for hydroxylation is 1. The second kappa shape index (κ2) is 6.60. The molecule has 2 fully saturated rings. The molecule has 0 saturated carbocycles. The summed E-state index contributed by atoms with van der Waals surface area (Å²) in [5.41, 5.74) is 3.40. The predicted molar refractivity (Wildman–Crippen MR) is 97.8 cm³/mol. The first kappa shape index (κ1) is 16.3. The third-order valence-electron chi connectivity index (χ3n) is 5.60. The zero-order valence-corrected chi connectivity index (χ0v) is 14.8. The summed E-state index contributed by atoms with van der Waals surface area (Å²) in [5, 5.41) is 0. The van der Waals surface area contributed by atoms with Gasteiger partial charge in [0.05, 0.1) is 11.1 Å². The highest BCUT2D eigenvalue weighted by Crippen LogP contribution is 2.41. The molecular formula is C21H25N3O. The Morgan fingerprint density at radius 1 is 1.08 bits per heavy atom. The third kappa shape index (κ3) is 3.31. The normalized spacial score (nSPS) is 23.7. The molecule has 2 saturated heterocycles. The lowest BCUT2D eigenvalue weighted by atomic mass is 9.85. The second-order valence-corrected chi connectivity index (χ2v) is 7.53. The molecule has 0 N–H and O–H groups in total. The summed E-state index contributed by atoms with van der Waals surface area (Å²) in [6, 6.07) is 14.5. The van der Waals surface area contributed by atoms with Crippen LogP contribution in [0.3, 0.4) is 0 Å². The highest BCUT2D eigenvalue weighted by molar-refractivity contribution is 5.85. The first-order chi connectivity index (χ1) is 12.1. The fraction of sp³-hybridized carbons (Fsp3) is 0.429. The highest BCUT2D eigenvalue weighted by Gasteiger charge is 2.50. The molecule has 1 spiro atoms. The maximum atomic E-state index is 13.1. The van der Waals surface area contributed by atoms with Gasteiger partial charge in [0.1, 0.15) is 0 Å². The summed E-state index contributed by atoms with van der Waals surface area (Å²) in [6.45, 7) is 6.41. The fourth-order valence-electron chi connectivity index (χ4n) is 4.27. The molecule has 0 radical (unpaired) electrons. The van der Waals surface area contributed by atoms with Crippen molar-refractivity contribution in [3.05, 3.63) is 65.5 Å². The summed E-state index contributed by atoms with van der Waals surface area (Å²) in [7, 11) is 0. The number of benzene rings is 1. The molecule has 1 atom stereocenters. The van der Waals surface area contributed by atoms with Gasteiger partial charge in [-0.1, -0.05) is 35.9 Å². The molecule has 4 rings (SSSR count). The van der Waals surface area contributed by atoms with Gasteiger partial charge in [-0.3, -0.25) is 14.7 Å². The number of nitrogens with zero attached hydrogens (tertiary/aromatic N) is 3. The van der Waals surface area contributed by atoms with Gasteiger partial charge in [0, 0.05) is 32.4 Å². The van der Waals surface area contributed by atoms with Gasteiger partial charge in [0.15, 0.2) is 0 Å². The van der Waals surface area contributed by atoms with Crippen molar-refractivity contribution in [2.45, 2.75) is 32.9 Å². The Hall–Kier alpha value is -2.20. The molecule has 0 bridgehead atoms. The quantitative estimate of drug-likeness (QED) is 0.862.